The molecule has 3 rings (SSSR count). The van der Waals surface area contributed by atoms with Gasteiger partial charge in [0.25, 0.3) is 5.91 Å². The first-order chi connectivity index (χ1) is 13.4. The van der Waals surface area contributed by atoms with Crippen LogP contribution in [-0.4, -0.2) is 41.2 Å². The smallest absolute Gasteiger partial charge is 0.338 e. The molecule has 2 aromatic rings. The molecule has 28 heavy (non-hydrogen) atoms. The predicted molar refractivity (Wildman–Crippen MR) is 98.2 cm³/mol. The van der Waals surface area contributed by atoms with Crippen LogP contribution >= 0.6 is 0 Å². The van der Waals surface area contributed by atoms with Crippen molar-refractivity contribution in [3.05, 3.63) is 54.0 Å². The normalized spacial score (nSPS) is 16.4. The standard InChI is InChI=1S/C20H20N2O6/c1-3-27-20(26)14-6-8-15(9-7-14)22-18(24)11-17(19(22)25)21(13(2)23)12-16-5-4-10-28-16/h4-10,17H,3,11-12H2,1-2H3. The van der Waals surface area contributed by atoms with Gasteiger partial charge in [0, 0.05) is 6.92 Å². The molecule has 1 aliphatic rings. The Hall–Kier alpha value is -3.42. The number of benzene rings is 1. The maximum Gasteiger partial charge on any atom is 0.338 e. The average molecular weight is 384 g/mol. The molecule has 1 unspecified atom stereocenters. The molecule has 1 saturated heterocycles. The summed E-state index contributed by atoms with van der Waals surface area (Å²) < 4.78 is 10.2. The van der Waals surface area contributed by atoms with E-state index in [1.165, 1.54) is 42.4 Å². The molecule has 0 spiro atoms. The molecule has 146 valence electrons. The third kappa shape index (κ3) is 3.80. The van der Waals surface area contributed by atoms with Gasteiger partial charge in [-0.15, -0.1) is 0 Å². The fourth-order valence-corrected chi connectivity index (χ4v) is 3.10. The molecule has 1 fully saturated rings. The zero-order chi connectivity index (χ0) is 20.3. The van der Waals surface area contributed by atoms with Crippen molar-refractivity contribution in [2.24, 2.45) is 0 Å². The first-order valence-corrected chi connectivity index (χ1v) is 8.86. The molecular weight excluding hydrogens is 364 g/mol. The highest BCUT2D eigenvalue weighted by molar-refractivity contribution is 6.23. The molecule has 1 aliphatic heterocycles. The van der Waals surface area contributed by atoms with Crippen LogP contribution in [0.2, 0.25) is 0 Å². The van der Waals surface area contributed by atoms with Crippen LogP contribution in [0.15, 0.2) is 47.1 Å². The van der Waals surface area contributed by atoms with Gasteiger partial charge >= 0.3 is 5.97 Å². The minimum Gasteiger partial charge on any atom is -0.467 e. The van der Waals surface area contributed by atoms with E-state index >= 15 is 0 Å². The molecular formula is C20H20N2O6. The summed E-state index contributed by atoms with van der Waals surface area (Å²) in [6, 6.07) is 8.49. The lowest BCUT2D eigenvalue weighted by Gasteiger charge is -2.25. The Morgan fingerprint density at radius 2 is 1.93 bits per heavy atom. The number of nitrogens with zero attached hydrogens (tertiary/aromatic N) is 2. The zero-order valence-electron chi connectivity index (χ0n) is 15.6. The molecule has 2 heterocycles. The van der Waals surface area contributed by atoms with Crippen molar-refractivity contribution in [1.82, 2.24) is 4.90 Å². The molecule has 1 atom stereocenters. The van der Waals surface area contributed by atoms with Gasteiger partial charge in [-0.2, -0.15) is 0 Å². The van der Waals surface area contributed by atoms with Crippen molar-refractivity contribution in [2.75, 3.05) is 11.5 Å². The number of ether oxygens (including phenoxy) is 1. The van der Waals surface area contributed by atoms with Crippen molar-refractivity contribution < 1.29 is 28.3 Å². The van der Waals surface area contributed by atoms with E-state index < -0.39 is 23.8 Å². The third-order valence-electron chi connectivity index (χ3n) is 4.45. The highest BCUT2D eigenvalue weighted by atomic mass is 16.5. The average Bonchev–Trinajstić information content (AvgIpc) is 3.27. The van der Waals surface area contributed by atoms with Crippen molar-refractivity contribution in [2.45, 2.75) is 32.9 Å². The van der Waals surface area contributed by atoms with E-state index in [2.05, 4.69) is 0 Å². The summed E-state index contributed by atoms with van der Waals surface area (Å²) in [6.45, 7) is 3.40. The monoisotopic (exact) mass is 384 g/mol. The molecule has 1 aromatic heterocycles. The first-order valence-electron chi connectivity index (χ1n) is 8.86. The van der Waals surface area contributed by atoms with Crippen LogP contribution in [0.3, 0.4) is 0 Å². The SMILES string of the molecule is CCOC(=O)c1ccc(N2C(=O)CC(N(Cc3ccco3)C(C)=O)C2=O)cc1. The van der Waals surface area contributed by atoms with Gasteiger partial charge in [-0.05, 0) is 43.3 Å². The quantitative estimate of drug-likeness (QED) is 0.559. The molecule has 0 N–H and O–H groups in total. The van der Waals surface area contributed by atoms with Gasteiger partial charge in [0.1, 0.15) is 11.8 Å². The number of hydrogen-bond donors (Lipinski definition) is 0. The molecule has 8 heteroatoms. The highest BCUT2D eigenvalue weighted by Gasteiger charge is 2.43. The second kappa shape index (κ2) is 8.08. The Morgan fingerprint density at radius 1 is 1.21 bits per heavy atom. The Morgan fingerprint density at radius 3 is 2.50 bits per heavy atom. The Labute approximate surface area is 161 Å². The number of amides is 3. The lowest BCUT2D eigenvalue weighted by atomic mass is 10.2. The molecule has 0 aliphatic carbocycles. The van der Waals surface area contributed by atoms with E-state index in [1.807, 2.05) is 0 Å². The summed E-state index contributed by atoms with van der Waals surface area (Å²) in [5.41, 5.74) is 0.663. The highest BCUT2D eigenvalue weighted by Crippen LogP contribution is 2.27. The van der Waals surface area contributed by atoms with Crippen molar-refractivity contribution in [3.63, 3.8) is 0 Å². The van der Waals surface area contributed by atoms with Gasteiger partial charge in [0.05, 0.1) is 37.1 Å². The Balaban J connectivity index is 1.80. The lowest BCUT2D eigenvalue weighted by molar-refractivity contribution is -0.137. The summed E-state index contributed by atoms with van der Waals surface area (Å²) in [5.74, 6) is -1.19. The van der Waals surface area contributed by atoms with Crippen LogP contribution in [-0.2, 0) is 25.7 Å². The molecule has 1 aromatic carbocycles. The number of carbonyl (C=O) groups excluding carboxylic acids is 4. The summed E-state index contributed by atoms with van der Waals surface area (Å²) in [6.07, 6.45) is 1.37. The molecule has 0 bridgehead atoms. The second-order valence-electron chi connectivity index (χ2n) is 6.28. The number of furan rings is 1. The number of rotatable bonds is 6. The van der Waals surface area contributed by atoms with Crippen molar-refractivity contribution >= 4 is 29.4 Å². The minimum atomic E-state index is -0.903. The largest absolute Gasteiger partial charge is 0.467 e. The van der Waals surface area contributed by atoms with Crippen molar-refractivity contribution in [3.8, 4) is 0 Å². The number of carbonyl (C=O) groups is 4. The summed E-state index contributed by atoms with van der Waals surface area (Å²) >= 11 is 0. The van der Waals surface area contributed by atoms with Gasteiger partial charge in [0.2, 0.25) is 11.8 Å². The topological polar surface area (TPSA) is 97.1 Å². The number of imide groups is 1. The van der Waals surface area contributed by atoms with E-state index in [0.717, 1.165) is 4.90 Å². The van der Waals surface area contributed by atoms with Crippen molar-refractivity contribution in [1.29, 1.82) is 0 Å². The van der Waals surface area contributed by atoms with Gasteiger partial charge in [-0.1, -0.05) is 0 Å². The second-order valence-corrected chi connectivity index (χ2v) is 6.28. The third-order valence-corrected chi connectivity index (χ3v) is 4.45. The summed E-state index contributed by atoms with van der Waals surface area (Å²) in [4.78, 5) is 51.6. The number of esters is 1. The molecule has 0 radical (unpaired) electrons. The Kier molecular flexibility index (Phi) is 5.58. The molecule has 8 nitrogen and oxygen atoms in total. The van der Waals surface area contributed by atoms with Crippen LogP contribution in [0, 0.1) is 0 Å². The van der Waals surface area contributed by atoms with Crippen LogP contribution < -0.4 is 4.90 Å². The lowest BCUT2D eigenvalue weighted by Crippen LogP contribution is -2.44. The maximum atomic E-state index is 12.9. The van der Waals surface area contributed by atoms with E-state index in [0.29, 0.717) is 17.0 Å². The molecule has 0 saturated carbocycles. The number of hydrogen-bond acceptors (Lipinski definition) is 6. The fraction of sp³-hybridized carbons (Fsp3) is 0.300. The fourth-order valence-electron chi connectivity index (χ4n) is 3.10. The zero-order valence-corrected chi connectivity index (χ0v) is 15.6. The van der Waals surface area contributed by atoms with Crippen LogP contribution in [0.4, 0.5) is 5.69 Å². The van der Waals surface area contributed by atoms with Gasteiger partial charge in [0.15, 0.2) is 0 Å². The van der Waals surface area contributed by atoms with Crippen LogP contribution in [0.1, 0.15) is 36.4 Å². The maximum absolute atomic E-state index is 12.9. The minimum absolute atomic E-state index is 0.0989. The first kappa shape index (κ1) is 19.3. The van der Waals surface area contributed by atoms with Crippen LogP contribution in [0.25, 0.3) is 0 Å². The molecule has 3 amide bonds. The van der Waals surface area contributed by atoms with E-state index in [1.54, 1.807) is 19.1 Å². The van der Waals surface area contributed by atoms with E-state index in [4.69, 9.17) is 9.15 Å². The van der Waals surface area contributed by atoms with Gasteiger partial charge < -0.3 is 14.1 Å². The van der Waals surface area contributed by atoms with Crippen LogP contribution in [0.5, 0.6) is 0 Å². The van der Waals surface area contributed by atoms with Gasteiger partial charge in [-0.25, -0.2) is 9.69 Å². The van der Waals surface area contributed by atoms with E-state index in [-0.39, 0.29) is 25.5 Å². The predicted octanol–water partition coefficient (Wildman–Crippen LogP) is 2.14. The Bertz CT molecular complexity index is 888. The van der Waals surface area contributed by atoms with E-state index in [9.17, 15) is 19.2 Å². The summed E-state index contributed by atoms with van der Waals surface area (Å²) in [7, 11) is 0. The van der Waals surface area contributed by atoms with Gasteiger partial charge in [-0.3, -0.25) is 14.4 Å². The number of anilines is 1. The summed E-state index contributed by atoms with van der Waals surface area (Å²) in [5, 5.41) is 0.